The molecule has 116 valence electrons. The van der Waals surface area contributed by atoms with E-state index < -0.39 is 0 Å². The number of carbonyl (C=O) groups is 1. The number of hydrogen-bond donors (Lipinski definition) is 0. The Morgan fingerprint density at radius 2 is 2.14 bits per heavy atom. The van der Waals surface area contributed by atoms with Gasteiger partial charge in [0.05, 0.1) is 6.42 Å². The molecule has 0 bridgehead atoms. The zero-order chi connectivity index (χ0) is 15.4. The van der Waals surface area contributed by atoms with Gasteiger partial charge in [-0.25, -0.2) is 4.39 Å². The monoisotopic (exact) mass is 335 g/mol. The van der Waals surface area contributed by atoms with Crippen molar-refractivity contribution in [2.75, 3.05) is 18.8 Å². The number of benzene rings is 1. The lowest BCUT2D eigenvalue weighted by molar-refractivity contribution is -0.130. The Balaban J connectivity index is 1.62. The van der Waals surface area contributed by atoms with Crippen molar-refractivity contribution < 1.29 is 9.18 Å². The summed E-state index contributed by atoms with van der Waals surface area (Å²) in [7, 11) is 0. The summed E-state index contributed by atoms with van der Waals surface area (Å²) >= 11 is 3.36. The first kappa shape index (κ1) is 15.6. The Morgan fingerprint density at radius 3 is 2.91 bits per heavy atom. The van der Waals surface area contributed by atoms with Crippen molar-refractivity contribution in [3.05, 3.63) is 58.0 Å². The first-order chi connectivity index (χ1) is 10.7. The summed E-state index contributed by atoms with van der Waals surface area (Å²) in [4.78, 5) is 14.3. The molecule has 5 heteroatoms. The van der Waals surface area contributed by atoms with E-state index in [1.165, 1.54) is 6.07 Å². The third-order valence-corrected chi connectivity index (χ3v) is 5.92. The normalized spacial score (nSPS) is 19.0. The lowest BCUT2D eigenvalue weighted by Crippen LogP contribution is -2.34. The summed E-state index contributed by atoms with van der Waals surface area (Å²) in [5, 5.41) is 4.15. The van der Waals surface area contributed by atoms with E-state index >= 15 is 0 Å². The molecule has 0 saturated carbocycles. The Kier molecular flexibility index (Phi) is 5.16. The van der Waals surface area contributed by atoms with Gasteiger partial charge < -0.3 is 4.90 Å². The van der Waals surface area contributed by atoms with Gasteiger partial charge in [0.15, 0.2) is 0 Å². The summed E-state index contributed by atoms with van der Waals surface area (Å²) in [6.45, 7) is 1.45. The zero-order valence-electron chi connectivity index (χ0n) is 12.2. The van der Waals surface area contributed by atoms with Gasteiger partial charge in [-0.15, -0.1) is 0 Å². The number of halogens is 1. The topological polar surface area (TPSA) is 20.3 Å². The van der Waals surface area contributed by atoms with E-state index in [1.807, 2.05) is 33.9 Å². The molecule has 1 aromatic heterocycles. The molecule has 1 amide bonds. The van der Waals surface area contributed by atoms with Crippen molar-refractivity contribution in [3.63, 3.8) is 0 Å². The second kappa shape index (κ2) is 7.29. The van der Waals surface area contributed by atoms with Gasteiger partial charge in [0.2, 0.25) is 5.91 Å². The van der Waals surface area contributed by atoms with Crippen LogP contribution in [0.2, 0.25) is 0 Å². The highest BCUT2D eigenvalue weighted by Gasteiger charge is 2.23. The van der Waals surface area contributed by atoms with Gasteiger partial charge in [-0.1, -0.05) is 18.2 Å². The number of thiophene rings is 1. The summed E-state index contributed by atoms with van der Waals surface area (Å²) in [6, 6.07) is 8.97. The molecule has 1 saturated heterocycles. The number of carbonyl (C=O) groups excluding carboxylic acids is 1. The van der Waals surface area contributed by atoms with Crippen molar-refractivity contribution in [1.82, 2.24) is 4.90 Å². The molecule has 0 spiro atoms. The molecule has 0 aliphatic carbocycles. The van der Waals surface area contributed by atoms with Crippen molar-refractivity contribution in [2.45, 2.75) is 18.1 Å². The van der Waals surface area contributed by atoms with Crippen LogP contribution in [0.4, 0.5) is 4.39 Å². The van der Waals surface area contributed by atoms with E-state index in [1.54, 1.807) is 29.2 Å². The minimum absolute atomic E-state index is 0.139. The van der Waals surface area contributed by atoms with E-state index in [4.69, 9.17) is 0 Å². The van der Waals surface area contributed by atoms with Crippen LogP contribution in [-0.4, -0.2) is 29.6 Å². The van der Waals surface area contributed by atoms with Crippen LogP contribution in [0.1, 0.15) is 22.8 Å². The Hall–Kier alpha value is -1.33. The fourth-order valence-corrected chi connectivity index (χ4v) is 4.61. The molecule has 1 aliphatic rings. The van der Waals surface area contributed by atoms with E-state index in [0.717, 1.165) is 29.8 Å². The van der Waals surface area contributed by atoms with Crippen LogP contribution < -0.4 is 0 Å². The Labute approximate surface area is 138 Å². The summed E-state index contributed by atoms with van der Waals surface area (Å²) in [5.41, 5.74) is 1.84. The molecule has 0 N–H and O–H groups in total. The van der Waals surface area contributed by atoms with Gasteiger partial charge >= 0.3 is 0 Å². The molecule has 2 nitrogen and oxygen atoms in total. The van der Waals surface area contributed by atoms with Gasteiger partial charge in [-0.05, 0) is 34.9 Å². The summed E-state index contributed by atoms with van der Waals surface area (Å²) < 4.78 is 13.9. The second-order valence-corrected chi connectivity index (χ2v) is 7.45. The maximum atomic E-state index is 13.9. The van der Waals surface area contributed by atoms with E-state index in [0.29, 0.717) is 13.0 Å². The predicted octanol–water partition coefficient (Wildman–Crippen LogP) is 4.14. The Bertz CT molecular complexity index is 629. The zero-order valence-corrected chi connectivity index (χ0v) is 13.8. The van der Waals surface area contributed by atoms with Crippen LogP contribution >= 0.6 is 23.1 Å². The largest absolute Gasteiger partial charge is 0.342 e. The van der Waals surface area contributed by atoms with E-state index in [-0.39, 0.29) is 17.0 Å². The quantitative estimate of drug-likeness (QED) is 0.840. The molecule has 1 atom stereocenters. The van der Waals surface area contributed by atoms with Crippen LogP contribution in [0.3, 0.4) is 0 Å². The van der Waals surface area contributed by atoms with Gasteiger partial charge in [-0.2, -0.15) is 23.1 Å². The van der Waals surface area contributed by atoms with Crippen molar-refractivity contribution in [1.29, 1.82) is 0 Å². The van der Waals surface area contributed by atoms with Gasteiger partial charge in [-0.3, -0.25) is 4.79 Å². The SMILES string of the molecule is O=C(Cc1ccsc1)N1CCS[C@H](c2ccccc2F)CC1. The summed E-state index contributed by atoms with van der Waals surface area (Å²) in [5.74, 6) is 0.889. The molecular weight excluding hydrogens is 317 g/mol. The van der Waals surface area contributed by atoms with Crippen molar-refractivity contribution in [3.8, 4) is 0 Å². The maximum Gasteiger partial charge on any atom is 0.227 e. The van der Waals surface area contributed by atoms with Crippen LogP contribution in [0.15, 0.2) is 41.1 Å². The molecule has 2 heterocycles. The van der Waals surface area contributed by atoms with Gasteiger partial charge in [0.25, 0.3) is 0 Å². The smallest absolute Gasteiger partial charge is 0.227 e. The minimum atomic E-state index is -0.141. The van der Waals surface area contributed by atoms with Crippen LogP contribution in [0.5, 0.6) is 0 Å². The number of rotatable bonds is 3. The predicted molar refractivity (Wildman–Crippen MR) is 90.8 cm³/mol. The molecule has 2 aromatic rings. The van der Waals surface area contributed by atoms with Gasteiger partial charge in [0.1, 0.15) is 5.82 Å². The highest BCUT2D eigenvalue weighted by atomic mass is 32.2. The first-order valence-corrected chi connectivity index (χ1v) is 9.38. The van der Waals surface area contributed by atoms with Gasteiger partial charge in [0, 0.05) is 29.7 Å². The lowest BCUT2D eigenvalue weighted by Gasteiger charge is -2.20. The number of amides is 1. The molecule has 22 heavy (non-hydrogen) atoms. The molecular formula is C17H18FNOS2. The number of hydrogen-bond acceptors (Lipinski definition) is 3. The molecule has 1 aliphatic heterocycles. The molecule has 0 radical (unpaired) electrons. The highest BCUT2D eigenvalue weighted by molar-refractivity contribution is 7.99. The lowest BCUT2D eigenvalue weighted by atomic mass is 10.1. The average Bonchev–Trinajstić information content (AvgIpc) is 2.90. The third-order valence-electron chi connectivity index (χ3n) is 3.88. The van der Waals surface area contributed by atoms with Crippen LogP contribution in [-0.2, 0) is 11.2 Å². The van der Waals surface area contributed by atoms with Crippen molar-refractivity contribution >= 4 is 29.0 Å². The number of thioether (sulfide) groups is 1. The Morgan fingerprint density at radius 1 is 1.27 bits per heavy atom. The first-order valence-electron chi connectivity index (χ1n) is 7.39. The highest BCUT2D eigenvalue weighted by Crippen LogP contribution is 2.35. The molecule has 0 unspecified atom stereocenters. The van der Waals surface area contributed by atoms with Crippen LogP contribution in [0, 0.1) is 5.82 Å². The average molecular weight is 335 g/mol. The fraction of sp³-hybridized carbons (Fsp3) is 0.353. The fourth-order valence-electron chi connectivity index (χ4n) is 2.68. The second-order valence-electron chi connectivity index (χ2n) is 5.36. The third kappa shape index (κ3) is 3.70. The maximum absolute atomic E-state index is 13.9. The molecule has 1 aromatic carbocycles. The van der Waals surface area contributed by atoms with Crippen molar-refractivity contribution in [2.24, 2.45) is 0 Å². The number of nitrogens with zero attached hydrogens (tertiary/aromatic N) is 1. The minimum Gasteiger partial charge on any atom is -0.342 e. The van der Waals surface area contributed by atoms with E-state index in [9.17, 15) is 9.18 Å². The van der Waals surface area contributed by atoms with Crippen LogP contribution in [0.25, 0.3) is 0 Å². The standard InChI is InChI=1S/C17H18FNOS2/c18-15-4-2-1-3-14(15)16-5-7-19(8-10-22-16)17(20)11-13-6-9-21-12-13/h1-4,6,9,12,16H,5,7-8,10-11H2/t16-/m0/s1. The summed E-state index contributed by atoms with van der Waals surface area (Å²) in [6.07, 6.45) is 1.28. The molecule has 1 fully saturated rings. The van der Waals surface area contributed by atoms with E-state index in [2.05, 4.69) is 0 Å². The molecule has 3 rings (SSSR count).